The van der Waals surface area contributed by atoms with Crippen molar-refractivity contribution in [2.75, 3.05) is 6.61 Å². The molecule has 0 bridgehead atoms. The Morgan fingerprint density at radius 3 is 2.24 bits per heavy atom. The molecule has 0 aromatic heterocycles. The molecule has 1 aliphatic rings. The molecular formula is C18H29Cl2NO4. The topological polar surface area (TPSA) is 93.0 Å². The van der Waals surface area contributed by atoms with Crippen LogP contribution in [0.3, 0.4) is 0 Å². The average molecular weight is 394 g/mol. The summed E-state index contributed by atoms with van der Waals surface area (Å²) in [6, 6.07) is 6.75. The molecule has 5 atom stereocenters. The molecule has 0 spiro atoms. The van der Waals surface area contributed by atoms with Crippen LogP contribution in [0.2, 0.25) is 5.02 Å². The maximum atomic E-state index is 10.2. The fourth-order valence-corrected chi connectivity index (χ4v) is 3.39. The molecule has 1 aliphatic heterocycles. The van der Waals surface area contributed by atoms with E-state index in [-0.39, 0.29) is 19.0 Å². The Balaban J connectivity index is 0.00000312. The third-order valence-corrected chi connectivity index (χ3v) is 5.03. The van der Waals surface area contributed by atoms with Gasteiger partial charge in [-0.2, -0.15) is 0 Å². The first-order chi connectivity index (χ1) is 11.5. The summed E-state index contributed by atoms with van der Waals surface area (Å²) in [7, 11) is 0. The number of rotatable bonds is 9. The van der Waals surface area contributed by atoms with Crippen molar-refractivity contribution in [3.05, 3.63) is 34.9 Å². The number of hydrogen-bond acceptors (Lipinski definition) is 5. The zero-order valence-electron chi connectivity index (χ0n) is 14.2. The number of nitrogens with one attached hydrogen (secondary N) is 1. The first-order valence-corrected chi connectivity index (χ1v) is 9.06. The Morgan fingerprint density at radius 2 is 1.64 bits per heavy atom. The van der Waals surface area contributed by atoms with Crippen LogP contribution < -0.4 is 5.32 Å². The highest BCUT2D eigenvalue weighted by Gasteiger charge is 2.43. The van der Waals surface area contributed by atoms with Gasteiger partial charge in [-0.25, -0.2) is 0 Å². The summed E-state index contributed by atoms with van der Waals surface area (Å²) in [5, 5.41) is 42.6. The van der Waals surface area contributed by atoms with E-state index in [2.05, 4.69) is 5.32 Å². The van der Waals surface area contributed by atoms with Gasteiger partial charge in [0.2, 0.25) is 0 Å². The van der Waals surface area contributed by atoms with Crippen molar-refractivity contribution < 1.29 is 20.4 Å². The SMILES string of the molecule is Cl.OC[C@H]1N[C@H]([C@@H](O)CCCCCCc2ccc(Cl)cc2)[C@@H](O)[C@@H]1O. The van der Waals surface area contributed by atoms with Crippen molar-refractivity contribution in [1.29, 1.82) is 0 Å². The quantitative estimate of drug-likeness (QED) is 0.411. The van der Waals surface area contributed by atoms with E-state index in [0.29, 0.717) is 6.42 Å². The summed E-state index contributed by atoms with van der Waals surface area (Å²) in [4.78, 5) is 0. The predicted molar refractivity (Wildman–Crippen MR) is 101 cm³/mol. The lowest BCUT2D eigenvalue weighted by molar-refractivity contribution is -0.00443. The molecule has 144 valence electrons. The van der Waals surface area contributed by atoms with E-state index in [1.54, 1.807) is 0 Å². The summed E-state index contributed by atoms with van der Waals surface area (Å²) < 4.78 is 0. The van der Waals surface area contributed by atoms with E-state index in [9.17, 15) is 15.3 Å². The van der Waals surface area contributed by atoms with E-state index in [4.69, 9.17) is 16.7 Å². The minimum absolute atomic E-state index is 0. The van der Waals surface area contributed by atoms with Gasteiger partial charge in [-0.15, -0.1) is 12.4 Å². The Hall–Kier alpha value is -0.400. The lowest BCUT2D eigenvalue weighted by Crippen LogP contribution is -2.44. The van der Waals surface area contributed by atoms with Crippen LogP contribution in [-0.2, 0) is 6.42 Å². The largest absolute Gasteiger partial charge is 0.395 e. The second-order valence-electron chi connectivity index (χ2n) is 6.61. The van der Waals surface area contributed by atoms with Crippen molar-refractivity contribution in [2.24, 2.45) is 0 Å². The Bertz CT molecular complexity index is 488. The highest BCUT2D eigenvalue weighted by molar-refractivity contribution is 6.30. The fraction of sp³-hybridized carbons (Fsp3) is 0.667. The Kier molecular flexibility index (Phi) is 10.3. The minimum Gasteiger partial charge on any atom is -0.395 e. The van der Waals surface area contributed by atoms with E-state index >= 15 is 0 Å². The van der Waals surface area contributed by atoms with Crippen molar-refractivity contribution in [2.45, 2.75) is 68.9 Å². The number of hydrogen-bond donors (Lipinski definition) is 5. The molecule has 0 radical (unpaired) electrons. The van der Waals surface area contributed by atoms with Gasteiger partial charge in [0.05, 0.1) is 37.0 Å². The highest BCUT2D eigenvalue weighted by Crippen LogP contribution is 2.20. The number of aliphatic hydroxyl groups is 4. The summed E-state index contributed by atoms with van der Waals surface area (Å²) >= 11 is 5.86. The molecule has 0 saturated carbocycles. The molecule has 5 N–H and O–H groups in total. The van der Waals surface area contributed by atoms with E-state index < -0.39 is 30.4 Å². The van der Waals surface area contributed by atoms with Gasteiger partial charge in [0.1, 0.15) is 0 Å². The van der Waals surface area contributed by atoms with Crippen molar-refractivity contribution in [3.8, 4) is 0 Å². The fourth-order valence-electron chi connectivity index (χ4n) is 3.26. The van der Waals surface area contributed by atoms with Gasteiger partial charge in [-0.1, -0.05) is 43.0 Å². The summed E-state index contributed by atoms with van der Waals surface area (Å²) in [5.74, 6) is 0. The number of aliphatic hydroxyl groups excluding tert-OH is 4. The van der Waals surface area contributed by atoms with Gasteiger partial charge in [0.25, 0.3) is 0 Å². The second kappa shape index (κ2) is 11.3. The third kappa shape index (κ3) is 6.68. The molecule has 0 unspecified atom stereocenters. The monoisotopic (exact) mass is 393 g/mol. The summed E-state index contributed by atoms with van der Waals surface area (Å²) in [5.41, 5.74) is 1.28. The standard InChI is InChI=1S/C18H28ClNO4.ClH/c19-13-9-7-12(8-10-13)5-3-1-2-4-6-15(22)16-18(24)17(23)14(11-21)20-16;/h7-10,14-18,20-24H,1-6,11H2;1H/t14-,15+,16-,17-,18-;/m1./s1. The number of halogens is 2. The van der Waals surface area contributed by atoms with Crippen LogP contribution >= 0.6 is 24.0 Å². The van der Waals surface area contributed by atoms with Crippen LogP contribution in [0.5, 0.6) is 0 Å². The van der Waals surface area contributed by atoms with Crippen LogP contribution in [0.1, 0.15) is 37.7 Å². The molecule has 7 heteroatoms. The average Bonchev–Trinajstić information content (AvgIpc) is 2.87. The Labute approximate surface area is 160 Å². The lowest BCUT2D eigenvalue weighted by Gasteiger charge is -2.22. The van der Waals surface area contributed by atoms with Crippen molar-refractivity contribution >= 4 is 24.0 Å². The third-order valence-electron chi connectivity index (χ3n) is 4.78. The zero-order chi connectivity index (χ0) is 17.5. The normalized spacial score (nSPS) is 27.1. The van der Waals surface area contributed by atoms with Crippen molar-refractivity contribution in [3.63, 3.8) is 0 Å². The van der Waals surface area contributed by atoms with Gasteiger partial charge < -0.3 is 25.7 Å². The first-order valence-electron chi connectivity index (χ1n) is 8.68. The van der Waals surface area contributed by atoms with E-state index in [1.807, 2.05) is 24.3 Å². The van der Waals surface area contributed by atoms with Crippen molar-refractivity contribution in [1.82, 2.24) is 5.32 Å². The predicted octanol–water partition coefficient (Wildman–Crippen LogP) is 1.67. The van der Waals surface area contributed by atoms with E-state index in [1.165, 1.54) is 5.56 Å². The van der Waals surface area contributed by atoms with Crippen LogP contribution in [0.4, 0.5) is 0 Å². The highest BCUT2D eigenvalue weighted by atomic mass is 35.5. The maximum Gasteiger partial charge on any atom is 0.0993 e. The molecule has 0 amide bonds. The number of unbranched alkanes of at least 4 members (excludes halogenated alkanes) is 3. The summed E-state index contributed by atoms with van der Waals surface area (Å²) in [6.45, 7) is -0.258. The Morgan fingerprint density at radius 1 is 1.00 bits per heavy atom. The number of aryl methyl sites for hydroxylation is 1. The maximum absolute atomic E-state index is 10.2. The minimum atomic E-state index is -1.04. The first kappa shape index (κ1) is 22.6. The summed E-state index contributed by atoms with van der Waals surface area (Å²) in [6.07, 6.45) is 2.85. The molecule has 1 aromatic carbocycles. The lowest BCUT2D eigenvalue weighted by atomic mass is 9.98. The number of benzene rings is 1. The van der Waals surface area contributed by atoms with Crippen LogP contribution in [0.15, 0.2) is 24.3 Å². The molecule has 1 heterocycles. The molecule has 5 nitrogen and oxygen atoms in total. The molecule has 2 rings (SSSR count). The van der Waals surface area contributed by atoms with Gasteiger partial charge in [0.15, 0.2) is 0 Å². The van der Waals surface area contributed by atoms with Gasteiger partial charge in [-0.05, 0) is 37.0 Å². The zero-order valence-corrected chi connectivity index (χ0v) is 15.8. The van der Waals surface area contributed by atoms with Crippen LogP contribution in [-0.4, -0.2) is 57.4 Å². The smallest absolute Gasteiger partial charge is 0.0993 e. The van der Waals surface area contributed by atoms with Gasteiger partial charge in [0, 0.05) is 5.02 Å². The molecule has 0 aliphatic carbocycles. The molecule has 1 saturated heterocycles. The molecular weight excluding hydrogens is 365 g/mol. The van der Waals surface area contributed by atoms with Gasteiger partial charge >= 0.3 is 0 Å². The molecule has 25 heavy (non-hydrogen) atoms. The second-order valence-corrected chi connectivity index (χ2v) is 7.05. The van der Waals surface area contributed by atoms with Crippen LogP contribution in [0, 0.1) is 0 Å². The van der Waals surface area contributed by atoms with Crippen LogP contribution in [0.25, 0.3) is 0 Å². The molecule has 1 fully saturated rings. The van der Waals surface area contributed by atoms with E-state index in [0.717, 1.165) is 37.1 Å². The molecule has 1 aromatic rings. The van der Waals surface area contributed by atoms with Gasteiger partial charge in [-0.3, -0.25) is 0 Å².